The first kappa shape index (κ1) is 32.9. The predicted octanol–water partition coefficient (Wildman–Crippen LogP) is 6.61. The van der Waals surface area contributed by atoms with Crippen molar-refractivity contribution in [2.75, 3.05) is 25.0 Å². The van der Waals surface area contributed by atoms with Crippen LogP contribution in [0.25, 0.3) is 0 Å². The van der Waals surface area contributed by atoms with Gasteiger partial charge in [-0.25, -0.2) is 13.2 Å². The molecule has 240 valence electrons. The summed E-state index contributed by atoms with van der Waals surface area (Å²) in [6, 6.07) is 27.6. The van der Waals surface area contributed by atoms with Crippen molar-refractivity contribution in [1.82, 2.24) is 4.31 Å². The fourth-order valence-corrected chi connectivity index (χ4v) is 7.03. The van der Waals surface area contributed by atoms with Crippen LogP contribution in [0.3, 0.4) is 0 Å². The van der Waals surface area contributed by atoms with E-state index < -0.39 is 16.0 Å². The number of likely N-dealkylation sites (N-methyl/N-ethyl adjacent to an activating group) is 1. The van der Waals surface area contributed by atoms with Gasteiger partial charge in [-0.1, -0.05) is 78.4 Å². The van der Waals surface area contributed by atoms with Crippen LogP contribution < -0.4 is 9.64 Å². The predicted molar refractivity (Wildman–Crippen MR) is 178 cm³/mol. The Hall–Kier alpha value is -4.47. The number of ether oxygens (including phenoxy) is 2. The molecule has 46 heavy (non-hydrogen) atoms. The third-order valence-corrected chi connectivity index (χ3v) is 10.1. The normalized spacial score (nSPS) is 13.0. The molecule has 0 spiro atoms. The van der Waals surface area contributed by atoms with Crippen molar-refractivity contribution < 1.29 is 27.5 Å². The third-order valence-electron chi connectivity index (χ3n) is 8.02. The highest BCUT2D eigenvalue weighted by Crippen LogP contribution is 2.34. The van der Waals surface area contributed by atoms with E-state index in [9.17, 15) is 18.0 Å². The van der Waals surface area contributed by atoms with Gasteiger partial charge in [-0.15, -0.1) is 0 Å². The summed E-state index contributed by atoms with van der Waals surface area (Å²) in [6.07, 6.45) is 1.97. The summed E-state index contributed by atoms with van der Waals surface area (Å²) in [4.78, 5) is 29.0. The molecule has 1 amide bonds. The van der Waals surface area contributed by atoms with E-state index in [-0.39, 0.29) is 41.9 Å². The summed E-state index contributed by atoms with van der Waals surface area (Å²) in [5.74, 6) is -0.321. The monoisotopic (exact) mass is 640 g/mol. The Kier molecular flexibility index (Phi) is 10.2. The van der Waals surface area contributed by atoms with E-state index in [0.717, 1.165) is 33.8 Å². The highest BCUT2D eigenvalue weighted by Gasteiger charge is 2.32. The lowest BCUT2D eigenvalue weighted by Crippen LogP contribution is -2.42. The van der Waals surface area contributed by atoms with Crippen LogP contribution in [0, 0.1) is 26.7 Å². The average Bonchev–Trinajstić information content (AvgIpc) is 3.86. The quantitative estimate of drug-likeness (QED) is 0.153. The molecular formula is C37H40N2O6S. The van der Waals surface area contributed by atoms with E-state index in [0.29, 0.717) is 29.3 Å². The lowest BCUT2D eigenvalue weighted by molar-refractivity contribution is -0.118. The molecule has 0 aliphatic heterocycles. The van der Waals surface area contributed by atoms with Gasteiger partial charge in [-0.3, -0.25) is 4.79 Å². The van der Waals surface area contributed by atoms with E-state index >= 15 is 0 Å². The van der Waals surface area contributed by atoms with E-state index in [1.807, 2.05) is 79.7 Å². The van der Waals surface area contributed by atoms with E-state index in [4.69, 9.17) is 9.47 Å². The highest BCUT2D eigenvalue weighted by atomic mass is 32.2. The molecular weight excluding hydrogens is 600 g/mol. The van der Waals surface area contributed by atoms with E-state index in [1.54, 1.807) is 36.9 Å². The molecule has 4 aromatic carbocycles. The van der Waals surface area contributed by atoms with Crippen LogP contribution in [0.5, 0.6) is 5.75 Å². The van der Waals surface area contributed by atoms with Crippen molar-refractivity contribution in [3.8, 4) is 5.75 Å². The molecule has 0 radical (unpaired) electrons. The maximum Gasteiger partial charge on any atom is 0.342 e. The van der Waals surface area contributed by atoms with Crippen LogP contribution in [-0.2, 0) is 32.8 Å². The van der Waals surface area contributed by atoms with Crippen LogP contribution >= 0.6 is 0 Å². The average molecular weight is 641 g/mol. The minimum Gasteiger partial charge on any atom is -0.488 e. The number of carbonyl (C=O) groups is 2. The standard InChI is InChI=1S/C37H40N2O6S/c1-26-19-27(2)36(28(3)20-26)46(42,43)38(4)23-35(40)39(22-29-15-16-29)32-17-18-33(37(41)45-25-31-13-9-6-10-14-31)34(21-32)44-24-30-11-7-5-8-12-30/h5-14,17-21,29H,15-16,22-25H2,1-4H3. The molecule has 0 atom stereocenters. The zero-order chi connectivity index (χ0) is 32.8. The lowest BCUT2D eigenvalue weighted by atomic mass is 10.1. The summed E-state index contributed by atoms with van der Waals surface area (Å²) in [7, 11) is -2.50. The molecule has 0 N–H and O–H groups in total. The van der Waals surface area contributed by atoms with Crippen molar-refractivity contribution in [1.29, 1.82) is 0 Å². The molecule has 1 aliphatic rings. The van der Waals surface area contributed by atoms with E-state index in [1.165, 1.54) is 7.05 Å². The summed E-state index contributed by atoms with van der Waals surface area (Å²) < 4.78 is 40.2. The molecule has 5 rings (SSSR count). The summed E-state index contributed by atoms with van der Waals surface area (Å²) >= 11 is 0. The first-order valence-electron chi connectivity index (χ1n) is 15.4. The Balaban J connectivity index is 1.41. The van der Waals surface area contributed by atoms with Gasteiger partial charge in [0.05, 0.1) is 11.4 Å². The number of hydrogen-bond donors (Lipinski definition) is 0. The minimum atomic E-state index is -3.94. The topological polar surface area (TPSA) is 93.2 Å². The molecule has 9 heteroatoms. The van der Waals surface area contributed by atoms with Crippen molar-refractivity contribution in [2.24, 2.45) is 5.92 Å². The molecule has 4 aromatic rings. The zero-order valence-corrected chi connectivity index (χ0v) is 27.5. The second kappa shape index (κ2) is 14.3. The van der Waals surface area contributed by atoms with Crippen molar-refractivity contribution in [2.45, 2.75) is 51.7 Å². The molecule has 0 heterocycles. The minimum absolute atomic E-state index is 0.104. The van der Waals surface area contributed by atoms with Crippen LogP contribution in [0.1, 0.15) is 51.0 Å². The summed E-state index contributed by atoms with van der Waals surface area (Å²) in [5, 5.41) is 0. The van der Waals surface area contributed by atoms with Gasteiger partial charge in [0.25, 0.3) is 0 Å². The van der Waals surface area contributed by atoms with Crippen LogP contribution in [0.15, 0.2) is 95.9 Å². The van der Waals surface area contributed by atoms with Crippen LogP contribution in [0.4, 0.5) is 5.69 Å². The number of rotatable bonds is 13. The summed E-state index contributed by atoms with van der Waals surface area (Å²) in [6.45, 7) is 5.86. The fraction of sp³-hybridized carbons (Fsp3) is 0.297. The number of anilines is 1. The van der Waals surface area contributed by atoms with Crippen molar-refractivity contribution in [3.63, 3.8) is 0 Å². The second-order valence-corrected chi connectivity index (χ2v) is 13.9. The number of amides is 1. The Morgan fingerprint density at radius 2 is 1.39 bits per heavy atom. The molecule has 8 nitrogen and oxygen atoms in total. The second-order valence-electron chi connectivity index (χ2n) is 12.0. The Bertz CT molecular complexity index is 1780. The molecule has 1 aliphatic carbocycles. The zero-order valence-electron chi connectivity index (χ0n) is 26.7. The Morgan fingerprint density at radius 1 is 0.804 bits per heavy atom. The number of benzene rings is 4. The van der Waals surface area contributed by atoms with E-state index in [2.05, 4.69) is 0 Å². The third kappa shape index (κ3) is 8.02. The first-order chi connectivity index (χ1) is 22.0. The smallest absolute Gasteiger partial charge is 0.342 e. The number of sulfonamides is 1. The van der Waals surface area contributed by atoms with Gasteiger partial charge in [0.2, 0.25) is 15.9 Å². The van der Waals surface area contributed by atoms with Gasteiger partial charge >= 0.3 is 5.97 Å². The van der Waals surface area contributed by atoms with Gasteiger partial charge < -0.3 is 14.4 Å². The Labute approximate surface area is 271 Å². The highest BCUT2D eigenvalue weighted by molar-refractivity contribution is 7.89. The fourth-order valence-electron chi connectivity index (χ4n) is 5.50. The van der Waals surface area contributed by atoms with Gasteiger partial charge in [0, 0.05) is 25.3 Å². The largest absolute Gasteiger partial charge is 0.488 e. The van der Waals surface area contributed by atoms with Gasteiger partial charge in [-0.05, 0) is 73.9 Å². The Morgan fingerprint density at radius 3 is 1.98 bits per heavy atom. The number of aryl methyl sites for hydroxylation is 3. The summed E-state index contributed by atoms with van der Waals surface area (Å²) in [5.41, 5.74) is 4.78. The SMILES string of the molecule is Cc1cc(C)c(S(=O)(=O)N(C)CC(=O)N(CC2CC2)c2ccc(C(=O)OCc3ccccc3)c(OCc3ccccc3)c2)c(C)c1. The molecule has 0 aromatic heterocycles. The molecule has 0 saturated heterocycles. The molecule has 0 unspecified atom stereocenters. The first-order valence-corrected chi connectivity index (χ1v) is 16.8. The van der Waals surface area contributed by atoms with Crippen LogP contribution in [0.2, 0.25) is 0 Å². The lowest BCUT2D eigenvalue weighted by Gasteiger charge is -2.27. The van der Waals surface area contributed by atoms with Crippen LogP contribution in [-0.4, -0.2) is 44.7 Å². The number of carbonyl (C=O) groups excluding carboxylic acids is 2. The maximum absolute atomic E-state index is 13.9. The van der Waals surface area contributed by atoms with Gasteiger partial charge in [0.1, 0.15) is 24.5 Å². The van der Waals surface area contributed by atoms with Gasteiger partial charge in [-0.2, -0.15) is 4.31 Å². The van der Waals surface area contributed by atoms with Gasteiger partial charge in [0.15, 0.2) is 0 Å². The molecule has 1 saturated carbocycles. The maximum atomic E-state index is 13.9. The number of nitrogens with zero attached hydrogens (tertiary/aromatic N) is 2. The van der Waals surface area contributed by atoms with Crippen molar-refractivity contribution >= 4 is 27.6 Å². The molecule has 1 fully saturated rings. The number of hydrogen-bond acceptors (Lipinski definition) is 6. The molecule has 0 bridgehead atoms. The number of esters is 1. The van der Waals surface area contributed by atoms with Crippen molar-refractivity contribution in [3.05, 3.63) is 124 Å².